The molecule has 12 heteroatoms. The van der Waals surface area contributed by atoms with Gasteiger partial charge in [0, 0.05) is 38.3 Å². The lowest BCUT2D eigenvalue weighted by Crippen LogP contribution is -2.43. The zero-order valence-corrected chi connectivity index (χ0v) is 28.7. The number of hydrogen-bond donors (Lipinski definition) is 4. The van der Waals surface area contributed by atoms with Crippen molar-refractivity contribution in [2.75, 3.05) is 26.7 Å². The molecule has 4 aromatic rings. The molecule has 1 amide bonds. The molecule has 1 aliphatic rings. The molecule has 0 fully saturated rings. The molecule has 11 nitrogen and oxygen atoms in total. The number of carbonyl (C=O) groups excluding carboxylic acids is 1. The molecule has 248 valence electrons. The molecule has 1 aliphatic heterocycles. The minimum Gasteiger partial charge on any atom is -0.472 e. The van der Waals surface area contributed by atoms with Gasteiger partial charge in [-0.15, -0.1) is 15.9 Å². The minimum atomic E-state index is -3.39. The highest BCUT2D eigenvalue weighted by Gasteiger charge is 2.41. The number of aromatic nitrogens is 4. The van der Waals surface area contributed by atoms with Gasteiger partial charge in [0.1, 0.15) is 16.5 Å². The molecule has 2 aromatic heterocycles. The first-order valence-electron chi connectivity index (χ1n) is 15.9. The summed E-state index contributed by atoms with van der Waals surface area (Å²) in [6.45, 7) is 14.6. The summed E-state index contributed by atoms with van der Waals surface area (Å²) in [4.78, 5) is 18.5. The second kappa shape index (κ2) is 13.7. The Balaban J connectivity index is 1.60. The minimum absolute atomic E-state index is 0.0553. The van der Waals surface area contributed by atoms with E-state index in [1.807, 2.05) is 59.3 Å². The van der Waals surface area contributed by atoms with Crippen LogP contribution in [-0.4, -0.2) is 72.1 Å². The Hall–Kier alpha value is -3.55. The maximum Gasteiger partial charge on any atom is 0.239 e. The number of nitrogens with zero attached hydrogens (tertiary/aromatic N) is 5. The summed E-state index contributed by atoms with van der Waals surface area (Å²) in [6, 6.07) is 13.8. The number of fused-ring (bicyclic) bond motifs is 2. The standard InChI is InChI=1S/C34H47N7O4S/c1-8-26-21-40(46(43,44)29-11-10-16-36-32(29)45-26)20-25-19-24(13-12-22(25)3)30(34(5,6)33(42)37-18-17-35-7)27-14-15-28-31(23(27)4)38-39-41(28)9-2/h10-16,19,26,30,35,43-44H,8-9,17-18,20-21H2,1-7H3,(H,37,42). The van der Waals surface area contributed by atoms with Crippen molar-refractivity contribution >= 4 is 27.7 Å². The SMILES string of the molecule is CCC1CN(Cc2cc(C(c3ccc4c(nnn4CC)c3C)C(C)(C)C(=O)NCCNC)ccc2C)S(O)(O)c2cccnc2O1. The van der Waals surface area contributed by atoms with Gasteiger partial charge in [0.05, 0.1) is 17.5 Å². The van der Waals surface area contributed by atoms with Gasteiger partial charge >= 0.3 is 0 Å². The molecular formula is C34H47N7O4S. The van der Waals surface area contributed by atoms with E-state index in [1.54, 1.807) is 22.6 Å². The van der Waals surface area contributed by atoms with Crippen LogP contribution >= 0.6 is 10.8 Å². The van der Waals surface area contributed by atoms with Crippen LogP contribution in [0.5, 0.6) is 5.88 Å². The molecule has 2 atom stereocenters. The molecule has 0 aliphatic carbocycles. The molecule has 5 rings (SSSR count). The van der Waals surface area contributed by atoms with Crippen molar-refractivity contribution in [3.63, 3.8) is 0 Å². The number of rotatable bonds is 11. The van der Waals surface area contributed by atoms with E-state index in [9.17, 15) is 13.9 Å². The molecule has 0 radical (unpaired) electrons. The fourth-order valence-electron chi connectivity index (χ4n) is 6.31. The van der Waals surface area contributed by atoms with Gasteiger partial charge in [-0.05, 0) is 80.3 Å². The van der Waals surface area contributed by atoms with E-state index in [1.165, 1.54) is 0 Å². The number of benzene rings is 2. The van der Waals surface area contributed by atoms with Crippen LogP contribution in [0.1, 0.15) is 67.9 Å². The highest BCUT2D eigenvalue weighted by Crippen LogP contribution is 2.57. The lowest BCUT2D eigenvalue weighted by molar-refractivity contribution is -0.130. The molecule has 0 spiro atoms. The molecule has 4 N–H and O–H groups in total. The van der Waals surface area contributed by atoms with Gasteiger partial charge in [0.2, 0.25) is 11.8 Å². The van der Waals surface area contributed by atoms with Gasteiger partial charge in [-0.1, -0.05) is 50.3 Å². The van der Waals surface area contributed by atoms with Crippen LogP contribution < -0.4 is 15.4 Å². The van der Waals surface area contributed by atoms with E-state index in [0.29, 0.717) is 37.5 Å². The normalized spacial score (nSPS) is 18.0. The van der Waals surface area contributed by atoms with E-state index < -0.39 is 16.2 Å². The molecule has 0 saturated heterocycles. The molecule has 2 aromatic carbocycles. The second-order valence-corrected chi connectivity index (χ2v) is 14.5. The summed E-state index contributed by atoms with van der Waals surface area (Å²) >= 11 is 0. The summed E-state index contributed by atoms with van der Waals surface area (Å²) in [7, 11) is -1.53. The maximum absolute atomic E-state index is 13.9. The highest BCUT2D eigenvalue weighted by molar-refractivity contribution is 8.22. The zero-order valence-electron chi connectivity index (χ0n) is 27.9. The van der Waals surface area contributed by atoms with Crippen LogP contribution in [0.4, 0.5) is 0 Å². The van der Waals surface area contributed by atoms with Crippen molar-refractivity contribution in [2.24, 2.45) is 5.41 Å². The Labute approximate surface area is 273 Å². The van der Waals surface area contributed by atoms with Crippen LogP contribution in [0.3, 0.4) is 0 Å². The first kappa shape index (κ1) is 33.8. The predicted molar refractivity (Wildman–Crippen MR) is 182 cm³/mol. The maximum atomic E-state index is 13.9. The summed E-state index contributed by atoms with van der Waals surface area (Å²) < 4.78 is 33.0. The van der Waals surface area contributed by atoms with Crippen LogP contribution in [0.25, 0.3) is 11.0 Å². The molecule has 3 heterocycles. The van der Waals surface area contributed by atoms with E-state index in [-0.39, 0.29) is 30.4 Å². The van der Waals surface area contributed by atoms with Gasteiger partial charge < -0.3 is 15.4 Å². The Morgan fingerprint density at radius 3 is 2.65 bits per heavy atom. The van der Waals surface area contributed by atoms with Crippen LogP contribution in [-0.2, 0) is 17.9 Å². The van der Waals surface area contributed by atoms with Crippen molar-refractivity contribution < 1.29 is 18.6 Å². The number of likely N-dealkylation sites (N-methyl/N-ethyl adjacent to an activating group) is 1. The summed E-state index contributed by atoms with van der Waals surface area (Å²) in [5.74, 6) is -0.127. The lowest BCUT2D eigenvalue weighted by atomic mass is 9.69. The number of nitrogens with one attached hydrogen (secondary N) is 2. The van der Waals surface area contributed by atoms with Gasteiger partial charge in [-0.25, -0.2) is 9.67 Å². The third-order valence-electron chi connectivity index (χ3n) is 9.15. The molecule has 0 bridgehead atoms. The van der Waals surface area contributed by atoms with Gasteiger partial charge in [0.25, 0.3) is 0 Å². The van der Waals surface area contributed by atoms with Crippen LogP contribution in [0.15, 0.2) is 53.6 Å². The molecule has 0 saturated carbocycles. The number of carbonyl (C=O) groups is 1. The van der Waals surface area contributed by atoms with Crippen molar-refractivity contribution in [3.05, 3.63) is 76.5 Å². The van der Waals surface area contributed by atoms with Crippen molar-refractivity contribution in [1.29, 1.82) is 0 Å². The summed E-state index contributed by atoms with van der Waals surface area (Å²) in [5, 5.41) is 15.1. The van der Waals surface area contributed by atoms with Gasteiger partial charge in [0.15, 0.2) is 0 Å². The van der Waals surface area contributed by atoms with E-state index in [4.69, 9.17) is 4.74 Å². The average molecular weight is 650 g/mol. The highest BCUT2D eigenvalue weighted by atomic mass is 32.3. The fraction of sp³-hybridized carbons (Fsp3) is 0.471. The lowest BCUT2D eigenvalue weighted by Gasteiger charge is -2.42. The van der Waals surface area contributed by atoms with Crippen molar-refractivity contribution in [1.82, 2.24) is 34.9 Å². The largest absolute Gasteiger partial charge is 0.472 e. The monoisotopic (exact) mass is 649 g/mol. The van der Waals surface area contributed by atoms with Gasteiger partial charge in [-0.2, -0.15) is 4.31 Å². The molecule has 2 unspecified atom stereocenters. The van der Waals surface area contributed by atoms with Crippen LogP contribution in [0, 0.1) is 19.3 Å². The van der Waals surface area contributed by atoms with Crippen molar-refractivity contribution in [3.8, 4) is 5.88 Å². The molecular weight excluding hydrogens is 602 g/mol. The van der Waals surface area contributed by atoms with E-state index in [2.05, 4.69) is 50.2 Å². The van der Waals surface area contributed by atoms with E-state index in [0.717, 1.165) is 38.9 Å². The number of amides is 1. The number of aryl methyl sites for hydroxylation is 3. The number of hydrogen-bond acceptors (Lipinski definition) is 9. The van der Waals surface area contributed by atoms with E-state index >= 15 is 0 Å². The number of pyridine rings is 1. The first-order chi connectivity index (χ1) is 21.9. The predicted octanol–water partition coefficient (Wildman–Crippen LogP) is 5.65. The van der Waals surface area contributed by atoms with Crippen molar-refractivity contribution in [2.45, 2.75) is 78.0 Å². The Kier molecular flexibility index (Phi) is 10.0. The third kappa shape index (κ3) is 6.37. The Bertz CT molecular complexity index is 1710. The average Bonchev–Trinajstić information content (AvgIpc) is 3.42. The summed E-state index contributed by atoms with van der Waals surface area (Å²) in [5.41, 5.74) is 5.81. The molecule has 46 heavy (non-hydrogen) atoms. The first-order valence-corrected chi connectivity index (χ1v) is 17.4. The van der Waals surface area contributed by atoms with Crippen LogP contribution in [0.2, 0.25) is 0 Å². The smallest absolute Gasteiger partial charge is 0.239 e. The third-order valence-corrected chi connectivity index (χ3v) is 11.0. The Morgan fingerprint density at radius 2 is 1.93 bits per heavy atom. The fourth-order valence-corrected chi connectivity index (χ4v) is 7.88. The van der Waals surface area contributed by atoms with Gasteiger partial charge in [-0.3, -0.25) is 13.9 Å². The summed E-state index contributed by atoms with van der Waals surface area (Å²) in [6.07, 6.45) is 2.03. The zero-order chi connectivity index (χ0) is 33.2. The second-order valence-electron chi connectivity index (χ2n) is 12.5. The Morgan fingerprint density at radius 1 is 1.15 bits per heavy atom. The number of ether oxygens (including phenoxy) is 1. The quantitative estimate of drug-likeness (QED) is 0.152. The topological polar surface area (TPSA) is 138 Å².